The van der Waals surface area contributed by atoms with Gasteiger partial charge < -0.3 is 20.4 Å². The minimum absolute atomic E-state index is 0.428. The van der Waals surface area contributed by atoms with Gasteiger partial charge in [0.1, 0.15) is 0 Å². The summed E-state index contributed by atoms with van der Waals surface area (Å²) in [5.74, 6) is -1.25. The lowest BCUT2D eigenvalue weighted by molar-refractivity contribution is -0.140. The van der Waals surface area contributed by atoms with Gasteiger partial charge in [0.15, 0.2) is 6.04 Å². The van der Waals surface area contributed by atoms with E-state index in [-0.39, 0.29) is 0 Å². The molecule has 0 aliphatic heterocycles. The number of carbonyl (C=O) groups excluding carboxylic acids is 1. The average molecular weight is 272 g/mol. The van der Waals surface area contributed by atoms with Crippen LogP contribution in [0.25, 0.3) is 0 Å². The molecule has 1 unspecified atom stereocenters. The Morgan fingerprint density at radius 1 is 1.56 bits per heavy atom. The molecule has 0 saturated heterocycles. The Bertz CT molecular complexity index is 394. The van der Waals surface area contributed by atoms with Crippen molar-refractivity contribution in [2.24, 2.45) is 0 Å². The van der Waals surface area contributed by atoms with Gasteiger partial charge in [0.05, 0.1) is 13.2 Å². The van der Waals surface area contributed by atoms with Crippen LogP contribution in [0.2, 0.25) is 0 Å². The quantitative estimate of drug-likeness (QED) is 0.712. The molecular formula is C11H16N2O4S. The maximum absolute atomic E-state index is 11.8. The molecule has 18 heavy (non-hydrogen) atoms. The molecule has 0 radical (unpaired) electrons. The smallest absolute Gasteiger partial charge is 0.328 e. The number of aliphatic hydroxyl groups excluding tert-OH is 1. The maximum atomic E-state index is 11.8. The number of amides is 2. The third-order valence-corrected chi connectivity index (χ3v) is 3.24. The number of carboxylic acid groups (broad SMARTS) is 1. The zero-order valence-electron chi connectivity index (χ0n) is 10.00. The third kappa shape index (κ3) is 4.01. The van der Waals surface area contributed by atoms with E-state index in [4.69, 9.17) is 10.2 Å². The Morgan fingerprint density at radius 3 is 2.72 bits per heavy atom. The summed E-state index contributed by atoms with van der Waals surface area (Å²) in [4.78, 5) is 25.0. The van der Waals surface area contributed by atoms with Crippen molar-refractivity contribution in [1.29, 1.82) is 0 Å². The molecular weight excluding hydrogens is 256 g/mol. The summed E-state index contributed by atoms with van der Waals surface area (Å²) in [5.41, 5.74) is 0. The maximum Gasteiger partial charge on any atom is 0.328 e. The summed E-state index contributed by atoms with van der Waals surface area (Å²) < 4.78 is 0. The van der Waals surface area contributed by atoms with Crippen molar-refractivity contribution < 1.29 is 19.8 Å². The second kappa shape index (κ2) is 6.97. The van der Waals surface area contributed by atoms with Crippen LogP contribution in [0.4, 0.5) is 4.79 Å². The molecule has 100 valence electrons. The summed E-state index contributed by atoms with van der Waals surface area (Å²) in [7, 11) is 0. The van der Waals surface area contributed by atoms with Crippen LogP contribution in [-0.4, -0.2) is 46.3 Å². The van der Waals surface area contributed by atoms with Gasteiger partial charge in [-0.15, -0.1) is 11.3 Å². The summed E-state index contributed by atoms with van der Waals surface area (Å²) in [5, 5.41) is 21.8. The van der Waals surface area contributed by atoms with E-state index in [0.29, 0.717) is 13.1 Å². The number of rotatable bonds is 6. The molecule has 0 bridgehead atoms. The Labute approximate surface area is 109 Å². The fourth-order valence-corrected chi connectivity index (χ4v) is 2.06. The SMILES string of the molecule is CCN(Cc1cccs1)C(=O)NC(CO)C(=O)O. The van der Waals surface area contributed by atoms with Crippen LogP contribution in [0.3, 0.4) is 0 Å². The van der Waals surface area contributed by atoms with Crippen molar-refractivity contribution in [3.63, 3.8) is 0 Å². The topological polar surface area (TPSA) is 89.9 Å². The van der Waals surface area contributed by atoms with Crippen molar-refractivity contribution in [2.45, 2.75) is 19.5 Å². The lowest BCUT2D eigenvalue weighted by atomic mass is 10.3. The second-order valence-electron chi connectivity index (χ2n) is 3.62. The number of hydrogen-bond acceptors (Lipinski definition) is 4. The number of urea groups is 1. The lowest BCUT2D eigenvalue weighted by Crippen LogP contribution is -2.49. The third-order valence-electron chi connectivity index (χ3n) is 2.37. The van der Waals surface area contributed by atoms with Crippen molar-refractivity contribution in [1.82, 2.24) is 10.2 Å². The van der Waals surface area contributed by atoms with E-state index < -0.39 is 24.6 Å². The molecule has 0 fully saturated rings. The number of aliphatic carboxylic acids is 1. The number of thiophene rings is 1. The molecule has 0 aliphatic carbocycles. The van der Waals surface area contributed by atoms with E-state index in [0.717, 1.165) is 4.88 Å². The average Bonchev–Trinajstić information content (AvgIpc) is 2.85. The Kier molecular flexibility index (Phi) is 5.60. The predicted octanol–water partition coefficient (Wildman–Crippen LogP) is 0.725. The summed E-state index contributed by atoms with van der Waals surface area (Å²) >= 11 is 1.53. The summed E-state index contributed by atoms with van der Waals surface area (Å²) in [6, 6.07) is 2.03. The Hall–Kier alpha value is -1.60. The molecule has 6 nitrogen and oxygen atoms in total. The fraction of sp³-hybridized carbons (Fsp3) is 0.455. The van der Waals surface area contributed by atoms with E-state index in [1.54, 1.807) is 0 Å². The highest BCUT2D eigenvalue weighted by Gasteiger charge is 2.21. The first-order valence-corrected chi connectivity index (χ1v) is 6.38. The molecule has 0 aliphatic rings. The van der Waals surface area contributed by atoms with E-state index in [1.165, 1.54) is 16.2 Å². The second-order valence-corrected chi connectivity index (χ2v) is 4.65. The molecule has 0 aromatic carbocycles. The first kappa shape index (κ1) is 14.5. The van der Waals surface area contributed by atoms with Crippen LogP contribution in [0.5, 0.6) is 0 Å². The number of carbonyl (C=O) groups is 2. The highest BCUT2D eigenvalue weighted by atomic mass is 32.1. The van der Waals surface area contributed by atoms with Crippen LogP contribution >= 0.6 is 11.3 Å². The van der Waals surface area contributed by atoms with Gasteiger partial charge in [0.2, 0.25) is 0 Å². The molecule has 1 aromatic heterocycles. The van der Waals surface area contributed by atoms with Gasteiger partial charge in [-0.1, -0.05) is 6.07 Å². The van der Waals surface area contributed by atoms with Crippen LogP contribution < -0.4 is 5.32 Å². The highest BCUT2D eigenvalue weighted by Crippen LogP contribution is 2.11. The molecule has 2 amide bonds. The molecule has 3 N–H and O–H groups in total. The van der Waals surface area contributed by atoms with Gasteiger partial charge in [-0.3, -0.25) is 0 Å². The normalized spacial score (nSPS) is 11.9. The molecule has 7 heteroatoms. The van der Waals surface area contributed by atoms with Gasteiger partial charge in [-0.25, -0.2) is 9.59 Å². The Balaban J connectivity index is 2.59. The fourth-order valence-electron chi connectivity index (χ4n) is 1.34. The van der Waals surface area contributed by atoms with Crippen LogP contribution in [0, 0.1) is 0 Å². The van der Waals surface area contributed by atoms with Gasteiger partial charge in [-0.2, -0.15) is 0 Å². The number of carboxylic acids is 1. The van der Waals surface area contributed by atoms with Crippen molar-refractivity contribution in [2.75, 3.05) is 13.2 Å². The first-order chi connectivity index (χ1) is 8.58. The molecule has 0 spiro atoms. The monoisotopic (exact) mass is 272 g/mol. The molecule has 1 aromatic rings. The van der Waals surface area contributed by atoms with Gasteiger partial charge in [0, 0.05) is 11.4 Å². The van der Waals surface area contributed by atoms with Gasteiger partial charge in [0.25, 0.3) is 0 Å². The number of hydrogen-bond donors (Lipinski definition) is 3. The van der Waals surface area contributed by atoms with Gasteiger partial charge >= 0.3 is 12.0 Å². The Morgan fingerprint density at radius 2 is 2.28 bits per heavy atom. The van der Waals surface area contributed by atoms with Crippen LogP contribution in [0.15, 0.2) is 17.5 Å². The number of nitrogens with zero attached hydrogens (tertiary/aromatic N) is 1. The van der Waals surface area contributed by atoms with E-state index >= 15 is 0 Å². The minimum Gasteiger partial charge on any atom is -0.480 e. The van der Waals surface area contributed by atoms with Crippen LogP contribution in [-0.2, 0) is 11.3 Å². The van der Waals surface area contributed by atoms with Crippen molar-refractivity contribution >= 4 is 23.3 Å². The molecule has 0 saturated carbocycles. The standard InChI is InChI=1S/C11H16N2O4S/c1-2-13(6-8-4-3-5-18-8)11(17)12-9(7-14)10(15)16/h3-5,9,14H,2,6-7H2,1H3,(H,12,17)(H,15,16). The van der Waals surface area contributed by atoms with Crippen molar-refractivity contribution in [3.8, 4) is 0 Å². The largest absolute Gasteiger partial charge is 0.480 e. The predicted molar refractivity (Wildman–Crippen MR) is 67.4 cm³/mol. The summed E-state index contributed by atoms with van der Waals surface area (Å²) in [6.07, 6.45) is 0. The molecule has 1 rings (SSSR count). The zero-order chi connectivity index (χ0) is 13.5. The van der Waals surface area contributed by atoms with Crippen LogP contribution in [0.1, 0.15) is 11.8 Å². The molecule has 1 heterocycles. The zero-order valence-corrected chi connectivity index (χ0v) is 10.8. The molecule has 1 atom stereocenters. The number of nitrogens with one attached hydrogen (secondary N) is 1. The van der Waals surface area contributed by atoms with E-state index in [1.807, 2.05) is 24.4 Å². The highest BCUT2D eigenvalue weighted by molar-refractivity contribution is 7.09. The lowest BCUT2D eigenvalue weighted by Gasteiger charge is -2.22. The summed E-state index contributed by atoms with van der Waals surface area (Å²) in [6.45, 7) is 2.07. The van der Waals surface area contributed by atoms with E-state index in [2.05, 4.69) is 5.32 Å². The number of aliphatic hydroxyl groups is 1. The van der Waals surface area contributed by atoms with Gasteiger partial charge in [-0.05, 0) is 18.4 Å². The first-order valence-electron chi connectivity index (χ1n) is 5.50. The minimum atomic E-state index is -1.27. The van der Waals surface area contributed by atoms with Crippen molar-refractivity contribution in [3.05, 3.63) is 22.4 Å². The van der Waals surface area contributed by atoms with E-state index in [9.17, 15) is 9.59 Å².